The zero-order valence-corrected chi connectivity index (χ0v) is 16.3. The number of morpholine rings is 1. The molecule has 6 nitrogen and oxygen atoms in total. The van der Waals surface area contributed by atoms with Crippen LogP contribution in [0.4, 0.5) is 0 Å². The summed E-state index contributed by atoms with van der Waals surface area (Å²) in [5, 5.41) is 8.97. The van der Waals surface area contributed by atoms with Crippen molar-refractivity contribution in [2.45, 2.75) is 19.5 Å². The first-order chi connectivity index (χ1) is 12.8. The molecular formula is C19H27N5OS. The number of guanidine groups is 1. The maximum Gasteiger partial charge on any atom is 0.191 e. The minimum atomic E-state index is 0.328. The van der Waals surface area contributed by atoms with E-state index in [0.717, 1.165) is 50.2 Å². The van der Waals surface area contributed by atoms with Crippen molar-refractivity contribution < 1.29 is 4.74 Å². The highest BCUT2D eigenvalue weighted by atomic mass is 32.1. The average Bonchev–Trinajstić information content (AvgIpc) is 3.20. The molecule has 0 radical (unpaired) electrons. The van der Waals surface area contributed by atoms with Crippen molar-refractivity contribution in [2.75, 3.05) is 39.9 Å². The van der Waals surface area contributed by atoms with Gasteiger partial charge in [-0.2, -0.15) is 0 Å². The number of nitrogens with zero attached hydrogens (tertiary/aromatic N) is 3. The van der Waals surface area contributed by atoms with E-state index in [9.17, 15) is 0 Å². The van der Waals surface area contributed by atoms with Crippen molar-refractivity contribution in [3.63, 3.8) is 0 Å². The Kier molecular flexibility index (Phi) is 6.99. The largest absolute Gasteiger partial charge is 0.379 e. The standard InChI is InChI=1S/C19H27N5OS/c1-15-5-3-6-16(23-15)13-21-19(20-2)22-14-17(18-7-4-12-26-18)24-8-10-25-11-9-24/h3-7,12,17H,8-11,13-14H2,1-2H3,(H2,20,21,22). The van der Waals surface area contributed by atoms with Gasteiger partial charge in [0.15, 0.2) is 5.96 Å². The smallest absolute Gasteiger partial charge is 0.191 e. The third-order valence-corrected chi connectivity index (χ3v) is 5.40. The fraction of sp³-hybridized carbons (Fsp3) is 0.474. The summed E-state index contributed by atoms with van der Waals surface area (Å²) in [6.45, 7) is 6.99. The molecule has 26 heavy (non-hydrogen) atoms. The van der Waals surface area contributed by atoms with Crippen LogP contribution >= 0.6 is 11.3 Å². The molecule has 7 heteroatoms. The number of pyridine rings is 1. The number of aryl methyl sites for hydroxylation is 1. The Labute approximate surface area is 159 Å². The van der Waals surface area contributed by atoms with Gasteiger partial charge in [-0.05, 0) is 30.5 Å². The van der Waals surface area contributed by atoms with Crippen molar-refractivity contribution in [3.05, 3.63) is 52.0 Å². The average molecular weight is 374 g/mol. The van der Waals surface area contributed by atoms with Gasteiger partial charge in [-0.25, -0.2) is 0 Å². The number of rotatable bonds is 6. The first-order valence-electron chi connectivity index (χ1n) is 8.98. The van der Waals surface area contributed by atoms with E-state index in [0.29, 0.717) is 12.6 Å². The highest BCUT2D eigenvalue weighted by Gasteiger charge is 2.23. The Morgan fingerprint density at radius 2 is 2.12 bits per heavy atom. The van der Waals surface area contributed by atoms with E-state index in [1.54, 1.807) is 18.4 Å². The summed E-state index contributed by atoms with van der Waals surface area (Å²) < 4.78 is 5.51. The molecule has 1 atom stereocenters. The maximum absolute atomic E-state index is 5.51. The van der Waals surface area contributed by atoms with Gasteiger partial charge in [0.2, 0.25) is 0 Å². The molecule has 0 spiro atoms. The Hall–Kier alpha value is -1.96. The minimum Gasteiger partial charge on any atom is -0.379 e. The van der Waals surface area contributed by atoms with Gasteiger partial charge in [0.05, 0.1) is 31.5 Å². The number of thiophene rings is 1. The molecule has 140 valence electrons. The summed E-state index contributed by atoms with van der Waals surface area (Å²) in [7, 11) is 1.80. The molecule has 0 saturated carbocycles. The molecule has 2 aromatic rings. The van der Waals surface area contributed by atoms with Crippen molar-refractivity contribution in [1.29, 1.82) is 0 Å². The third kappa shape index (κ3) is 5.27. The molecule has 0 bridgehead atoms. The molecule has 0 amide bonds. The lowest BCUT2D eigenvalue weighted by Gasteiger charge is -2.34. The van der Waals surface area contributed by atoms with Crippen molar-refractivity contribution >= 4 is 17.3 Å². The molecule has 1 saturated heterocycles. The van der Waals surface area contributed by atoms with Gasteiger partial charge >= 0.3 is 0 Å². The molecule has 1 fully saturated rings. The normalized spacial score (nSPS) is 17.1. The molecular weight excluding hydrogens is 346 g/mol. The molecule has 0 aromatic carbocycles. The minimum absolute atomic E-state index is 0.328. The summed E-state index contributed by atoms with van der Waals surface area (Å²) in [6.07, 6.45) is 0. The molecule has 1 aliphatic rings. The molecule has 1 aliphatic heterocycles. The van der Waals surface area contributed by atoms with Crippen LogP contribution in [0.5, 0.6) is 0 Å². The Bertz CT molecular complexity index is 698. The lowest BCUT2D eigenvalue weighted by molar-refractivity contribution is 0.0177. The number of hydrogen-bond donors (Lipinski definition) is 2. The first-order valence-corrected chi connectivity index (χ1v) is 9.86. The predicted molar refractivity (Wildman–Crippen MR) is 107 cm³/mol. The summed E-state index contributed by atoms with van der Waals surface area (Å²) >= 11 is 1.80. The second-order valence-electron chi connectivity index (χ2n) is 6.26. The zero-order chi connectivity index (χ0) is 18.2. The lowest BCUT2D eigenvalue weighted by atomic mass is 10.2. The van der Waals surface area contributed by atoms with Crippen LogP contribution in [0, 0.1) is 6.92 Å². The van der Waals surface area contributed by atoms with E-state index in [1.807, 2.05) is 25.1 Å². The van der Waals surface area contributed by atoms with Crippen LogP contribution in [0.1, 0.15) is 22.3 Å². The van der Waals surface area contributed by atoms with E-state index < -0.39 is 0 Å². The molecule has 0 aliphatic carbocycles. The highest BCUT2D eigenvalue weighted by Crippen LogP contribution is 2.25. The van der Waals surface area contributed by atoms with Crippen LogP contribution in [0.15, 0.2) is 40.7 Å². The van der Waals surface area contributed by atoms with Crippen LogP contribution in [-0.4, -0.2) is 55.7 Å². The van der Waals surface area contributed by atoms with E-state index >= 15 is 0 Å². The lowest BCUT2D eigenvalue weighted by Crippen LogP contribution is -2.46. The van der Waals surface area contributed by atoms with Gasteiger partial charge in [0.25, 0.3) is 0 Å². The first kappa shape index (κ1) is 18.8. The van der Waals surface area contributed by atoms with Gasteiger partial charge in [0.1, 0.15) is 0 Å². The summed E-state index contributed by atoms with van der Waals surface area (Å²) in [4.78, 5) is 12.7. The SMILES string of the molecule is CN=C(NCc1cccc(C)n1)NCC(c1cccs1)N1CCOCC1. The molecule has 2 aromatic heterocycles. The Morgan fingerprint density at radius 3 is 2.81 bits per heavy atom. The number of aromatic nitrogens is 1. The number of aliphatic imine (C=N–C) groups is 1. The fourth-order valence-corrected chi connectivity index (χ4v) is 3.93. The topological polar surface area (TPSA) is 61.8 Å². The summed E-state index contributed by atoms with van der Waals surface area (Å²) in [5.41, 5.74) is 2.04. The van der Waals surface area contributed by atoms with Crippen molar-refractivity contribution in [3.8, 4) is 0 Å². The molecule has 1 unspecified atom stereocenters. The van der Waals surface area contributed by atoms with Crippen LogP contribution < -0.4 is 10.6 Å². The summed E-state index contributed by atoms with van der Waals surface area (Å²) in [6, 6.07) is 10.7. The fourth-order valence-electron chi connectivity index (χ4n) is 3.07. The molecule has 2 N–H and O–H groups in total. The number of hydrogen-bond acceptors (Lipinski definition) is 5. The van der Waals surface area contributed by atoms with E-state index in [2.05, 4.69) is 43.0 Å². The second kappa shape index (κ2) is 9.66. The predicted octanol–water partition coefficient (Wildman–Crippen LogP) is 2.19. The van der Waals surface area contributed by atoms with Crippen LogP contribution in [-0.2, 0) is 11.3 Å². The Morgan fingerprint density at radius 1 is 1.27 bits per heavy atom. The van der Waals surface area contributed by atoms with Gasteiger partial charge < -0.3 is 15.4 Å². The monoisotopic (exact) mass is 373 g/mol. The molecule has 3 rings (SSSR count). The maximum atomic E-state index is 5.51. The summed E-state index contributed by atoms with van der Waals surface area (Å²) in [5.74, 6) is 0.795. The van der Waals surface area contributed by atoms with E-state index in [1.165, 1.54) is 4.88 Å². The zero-order valence-electron chi connectivity index (χ0n) is 15.4. The van der Waals surface area contributed by atoms with Crippen LogP contribution in [0.2, 0.25) is 0 Å². The van der Waals surface area contributed by atoms with Gasteiger partial charge in [-0.15, -0.1) is 11.3 Å². The van der Waals surface area contributed by atoms with Crippen LogP contribution in [0.25, 0.3) is 0 Å². The third-order valence-electron chi connectivity index (χ3n) is 4.43. The van der Waals surface area contributed by atoms with Gasteiger partial charge in [-0.3, -0.25) is 14.9 Å². The number of ether oxygens (including phenoxy) is 1. The molecule has 3 heterocycles. The Balaban J connectivity index is 1.57. The quantitative estimate of drug-likeness (QED) is 0.600. The van der Waals surface area contributed by atoms with E-state index in [4.69, 9.17) is 4.74 Å². The van der Waals surface area contributed by atoms with Gasteiger partial charge in [0, 0.05) is 37.3 Å². The number of nitrogens with one attached hydrogen (secondary N) is 2. The van der Waals surface area contributed by atoms with Gasteiger partial charge in [-0.1, -0.05) is 12.1 Å². The highest BCUT2D eigenvalue weighted by molar-refractivity contribution is 7.10. The van der Waals surface area contributed by atoms with Crippen molar-refractivity contribution in [2.24, 2.45) is 4.99 Å². The van der Waals surface area contributed by atoms with Crippen molar-refractivity contribution in [1.82, 2.24) is 20.5 Å². The van der Waals surface area contributed by atoms with E-state index in [-0.39, 0.29) is 0 Å². The second-order valence-corrected chi connectivity index (χ2v) is 7.24. The van der Waals surface area contributed by atoms with Crippen LogP contribution in [0.3, 0.4) is 0 Å².